The molecule has 0 aliphatic carbocycles. The van der Waals surface area contributed by atoms with Crippen molar-refractivity contribution in [3.05, 3.63) is 28.0 Å². The Labute approximate surface area is 97.4 Å². The SMILES string of the molecule is Cc1cc[s+]c(C(C)(C)C)c1.F[B-](F)(F)F. The molecular weight excluding hydrogens is 239 g/mol. The first kappa shape index (κ1) is 15.4. The second-order valence-electron chi connectivity index (χ2n) is 4.42. The van der Waals surface area contributed by atoms with Crippen molar-refractivity contribution in [2.24, 2.45) is 0 Å². The maximum atomic E-state index is 9.75. The first-order valence-corrected chi connectivity index (χ1v) is 5.64. The minimum Gasteiger partial charge on any atom is -0.418 e. The highest BCUT2D eigenvalue weighted by Crippen LogP contribution is 2.26. The summed E-state index contributed by atoms with van der Waals surface area (Å²) in [6.45, 7) is 8.89. The van der Waals surface area contributed by atoms with Gasteiger partial charge >= 0.3 is 7.25 Å². The first-order chi connectivity index (χ1) is 7.00. The van der Waals surface area contributed by atoms with E-state index in [9.17, 15) is 17.3 Å². The third-order valence-corrected chi connectivity index (χ3v) is 2.88. The summed E-state index contributed by atoms with van der Waals surface area (Å²) in [5.41, 5.74) is 1.66. The predicted octanol–water partition coefficient (Wildman–Crippen LogP) is 4.94. The molecule has 1 aromatic heterocycles. The molecule has 16 heavy (non-hydrogen) atoms. The van der Waals surface area contributed by atoms with E-state index in [0.29, 0.717) is 5.41 Å². The largest absolute Gasteiger partial charge is 0.673 e. The lowest BCUT2D eigenvalue weighted by molar-refractivity contribution is 0.368. The summed E-state index contributed by atoms with van der Waals surface area (Å²) in [5, 5.41) is 2.16. The van der Waals surface area contributed by atoms with Gasteiger partial charge in [-0.3, -0.25) is 0 Å². The van der Waals surface area contributed by atoms with Crippen molar-refractivity contribution in [1.29, 1.82) is 0 Å². The summed E-state index contributed by atoms with van der Waals surface area (Å²) in [5.74, 6) is 0. The molecule has 0 atom stereocenters. The van der Waals surface area contributed by atoms with Crippen LogP contribution in [0.4, 0.5) is 17.3 Å². The van der Waals surface area contributed by atoms with Crippen LogP contribution in [-0.2, 0) is 5.41 Å². The Morgan fingerprint density at radius 2 is 1.56 bits per heavy atom. The van der Waals surface area contributed by atoms with Gasteiger partial charge in [0.2, 0.25) is 16.2 Å². The van der Waals surface area contributed by atoms with E-state index in [1.165, 1.54) is 10.4 Å². The second kappa shape index (κ2) is 5.61. The molecule has 0 saturated carbocycles. The Kier molecular flexibility index (Phi) is 5.39. The molecule has 0 aliphatic rings. The third kappa shape index (κ3) is 8.65. The average molecular weight is 254 g/mol. The molecule has 0 unspecified atom stereocenters. The molecule has 1 rings (SSSR count). The van der Waals surface area contributed by atoms with Gasteiger partial charge in [0.05, 0.1) is 0 Å². The smallest absolute Gasteiger partial charge is 0.418 e. The van der Waals surface area contributed by atoms with Crippen molar-refractivity contribution in [3.63, 3.8) is 0 Å². The van der Waals surface area contributed by atoms with Gasteiger partial charge in [-0.1, -0.05) is 20.8 Å². The van der Waals surface area contributed by atoms with Crippen LogP contribution in [0.25, 0.3) is 0 Å². The van der Waals surface area contributed by atoms with Crippen molar-refractivity contribution < 1.29 is 17.3 Å². The third-order valence-electron chi connectivity index (χ3n) is 1.62. The average Bonchev–Trinajstić information content (AvgIpc) is 1.99. The molecule has 0 aromatic carbocycles. The minimum atomic E-state index is -6.00. The lowest BCUT2D eigenvalue weighted by atomic mass is 9.94. The van der Waals surface area contributed by atoms with Gasteiger partial charge in [-0.05, 0) is 18.6 Å². The summed E-state index contributed by atoms with van der Waals surface area (Å²) in [6.07, 6.45) is 0. The highest BCUT2D eigenvalue weighted by Gasteiger charge is 2.22. The highest BCUT2D eigenvalue weighted by molar-refractivity contribution is 7.09. The molecule has 0 fully saturated rings. The number of aryl methyl sites for hydroxylation is 1. The van der Waals surface area contributed by atoms with E-state index in [-0.39, 0.29) is 0 Å². The minimum absolute atomic E-state index is 0.302. The van der Waals surface area contributed by atoms with Crippen molar-refractivity contribution >= 4 is 18.6 Å². The number of hydrogen-bond donors (Lipinski definition) is 0. The molecule has 0 saturated heterocycles. The molecule has 0 nitrogen and oxygen atoms in total. The van der Waals surface area contributed by atoms with Gasteiger partial charge in [0.15, 0.2) is 5.38 Å². The maximum absolute atomic E-state index is 9.75. The molecule has 0 aliphatic heterocycles. The Hall–Kier alpha value is -0.645. The summed E-state index contributed by atoms with van der Waals surface area (Å²) < 4.78 is 39.0. The lowest BCUT2D eigenvalue weighted by Gasteiger charge is -2.09. The normalized spacial score (nSPS) is 11.8. The Morgan fingerprint density at radius 1 is 1.12 bits per heavy atom. The molecule has 1 aromatic rings. The van der Waals surface area contributed by atoms with E-state index in [4.69, 9.17) is 0 Å². The van der Waals surface area contributed by atoms with Gasteiger partial charge in [-0.15, -0.1) is 0 Å². The molecule has 0 N–H and O–H groups in total. The van der Waals surface area contributed by atoms with Crippen LogP contribution in [-0.4, -0.2) is 7.25 Å². The van der Waals surface area contributed by atoms with E-state index < -0.39 is 7.25 Å². The summed E-state index contributed by atoms with van der Waals surface area (Å²) in [7, 11) is -6.00. The summed E-state index contributed by atoms with van der Waals surface area (Å²) >= 11 is 1.83. The molecule has 0 spiro atoms. The molecule has 0 amide bonds. The van der Waals surface area contributed by atoms with Crippen LogP contribution in [0.2, 0.25) is 0 Å². The fraction of sp³-hybridized carbons (Fsp3) is 0.500. The molecule has 92 valence electrons. The first-order valence-electron chi connectivity index (χ1n) is 4.76. The fourth-order valence-electron chi connectivity index (χ4n) is 0.897. The van der Waals surface area contributed by atoms with E-state index in [2.05, 4.69) is 45.2 Å². The van der Waals surface area contributed by atoms with Gasteiger partial charge in [-0.2, -0.15) is 0 Å². The predicted molar refractivity (Wildman–Crippen MR) is 62.3 cm³/mol. The Bertz CT molecular complexity index is 324. The fourth-order valence-corrected chi connectivity index (χ4v) is 1.93. The van der Waals surface area contributed by atoms with Crippen LogP contribution in [0, 0.1) is 6.92 Å². The maximum Gasteiger partial charge on any atom is 0.673 e. The van der Waals surface area contributed by atoms with Crippen molar-refractivity contribution in [2.75, 3.05) is 0 Å². The lowest BCUT2D eigenvalue weighted by Crippen LogP contribution is -2.09. The monoisotopic (exact) mass is 254 g/mol. The van der Waals surface area contributed by atoms with E-state index in [1.54, 1.807) is 0 Å². The van der Waals surface area contributed by atoms with E-state index in [1.807, 2.05) is 11.3 Å². The van der Waals surface area contributed by atoms with E-state index in [0.717, 1.165) is 0 Å². The molecule has 0 radical (unpaired) electrons. The van der Waals surface area contributed by atoms with Crippen molar-refractivity contribution in [2.45, 2.75) is 33.1 Å². The quantitative estimate of drug-likeness (QED) is 0.349. The van der Waals surface area contributed by atoms with Crippen LogP contribution in [0.5, 0.6) is 0 Å². The van der Waals surface area contributed by atoms with Gasteiger partial charge in [0.25, 0.3) is 0 Å². The number of halogens is 4. The van der Waals surface area contributed by atoms with E-state index >= 15 is 0 Å². The van der Waals surface area contributed by atoms with Crippen LogP contribution >= 0.6 is 11.3 Å². The topological polar surface area (TPSA) is 0 Å². The standard InChI is InChI=1S/C10H15S.BF4/c1-8-5-6-11-9(7-8)10(2,3)4;2-1(3,4)5/h5-7H,1-4H3;/q+1;-1. The Balaban J connectivity index is 0.000000385. The van der Waals surface area contributed by atoms with Crippen LogP contribution in [0.1, 0.15) is 31.2 Å². The van der Waals surface area contributed by atoms with Crippen molar-refractivity contribution in [3.8, 4) is 0 Å². The van der Waals surface area contributed by atoms with Gasteiger partial charge in [0, 0.05) is 11.5 Å². The van der Waals surface area contributed by atoms with Gasteiger partial charge in [0.1, 0.15) is 0 Å². The second-order valence-corrected chi connectivity index (χ2v) is 5.37. The Morgan fingerprint density at radius 3 is 1.81 bits per heavy atom. The van der Waals surface area contributed by atoms with Gasteiger partial charge in [-0.25, -0.2) is 0 Å². The number of hydrogen-bond acceptors (Lipinski definition) is 0. The molecule has 6 heteroatoms. The van der Waals surface area contributed by atoms with Crippen LogP contribution in [0.3, 0.4) is 0 Å². The summed E-state index contributed by atoms with van der Waals surface area (Å²) in [4.78, 5) is 1.46. The zero-order valence-electron chi connectivity index (χ0n) is 9.73. The zero-order valence-corrected chi connectivity index (χ0v) is 10.5. The zero-order chi connectivity index (χ0) is 13.0. The molecular formula is C10H15BF4S. The summed E-state index contributed by atoms with van der Waals surface area (Å²) in [6, 6.07) is 4.42. The van der Waals surface area contributed by atoms with Gasteiger partial charge < -0.3 is 17.3 Å². The van der Waals surface area contributed by atoms with Crippen LogP contribution < -0.4 is 0 Å². The highest BCUT2D eigenvalue weighted by atomic mass is 32.1. The van der Waals surface area contributed by atoms with Crippen LogP contribution in [0.15, 0.2) is 17.5 Å². The number of rotatable bonds is 0. The van der Waals surface area contributed by atoms with Crippen molar-refractivity contribution in [1.82, 2.24) is 0 Å². The molecule has 0 bridgehead atoms. The molecule has 1 heterocycles.